The molecule has 53 heavy (non-hydrogen) atoms. The summed E-state index contributed by atoms with van der Waals surface area (Å²) in [6.07, 6.45) is 1.99. The van der Waals surface area contributed by atoms with E-state index >= 15 is 0 Å². The van der Waals surface area contributed by atoms with Gasteiger partial charge in [-0.25, -0.2) is 19.2 Å². The van der Waals surface area contributed by atoms with Crippen LogP contribution in [0.25, 0.3) is 0 Å². The molecule has 3 aromatic rings. The Bertz CT molecular complexity index is 2180. The summed E-state index contributed by atoms with van der Waals surface area (Å²) in [6, 6.07) is 1.32. The van der Waals surface area contributed by atoms with Crippen molar-refractivity contribution in [1.82, 2.24) is 0 Å². The molecule has 1 aliphatic rings. The largest absolute Gasteiger partial charge is 0.507 e. The molecule has 14 nitrogen and oxygen atoms in total. The zero-order chi connectivity index (χ0) is 40.0. The van der Waals surface area contributed by atoms with Gasteiger partial charge in [-0.1, -0.05) is 0 Å². The number of ketones is 1. The quantitative estimate of drug-likeness (QED) is 0.148. The Morgan fingerprint density at radius 3 is 1.79 bits per heavy atom. The van der Waals surface area contributed by atoms with Crippen LogP contribution in [0.3, 0.4) is 0 Å². The number of carboxylic acid groups (broad SMARTS) is 1. The minimum atomic E-state index is -2.46. The number of phenols is 2. The molecule has 0 unspecified atom stereocenters. The highest BCUT2D eigenvalue weighted by Gasteiger charge is 2.48. The molecule has 0 saturated heterocycles. The lowest BCUT2D eigenvalue weighted by Crippen LogP contribution is -2.47. The number of benzene rings is 3. The average Bonchev–Trinajstić information content (AvgIpc) is 3.09. The van der Waals surface area contributed by atoms with E-state index in [1.807, 2.05) is 0 Å². The van der Waals surface area contributed by atoms with E-state index in [1.54, 1.807) is 13.8 Å². The van der Waals surface area contributed by atoms with E-state index in [0.717, 1.165) is 12.2 Å². The molecule has 0 bridgehead atoms. The van der Waals surface area contributed by atoms with Crippen LogP contribution in [-0.2, 0) is 14.3 Å². The summed E-state index contributed by atoms with van der Waals surface area (Å²) in [4.78, 5) is 64.3. The second-order valence-electron chi connectivity index (χ2n) is 12.4. The number of aryl methyl sites for hydroxylation is 1. The molecule has 4 N–H and O–H groups in total. The zero-order valence-corrected chi connectivity index (χ0v) is 32.1. The fourth-order valence-electron chi connectivity index (χ4n) is 6.00. The molecule has 280 valence electrons. The Balaban J connectivity index is 1.67. The van der Waals surface area contributed by atoms with Crippen LogP contribution in [0.1, 0.15) is 76.9 Å². The maximum absolute atomic E-state index is 13.6. The molecule has 4 rings (SSSR count). The number of hydrogen-bond acceptors (Lipinski definition) is 13. The third-order valence-corrected chi connectivity index (χ3v) is 10.0. The third-order valence-electron chi connectivity index (χ3n) is 9.31. The van der Waals surface area contributed by atoms with Gasteiger partial charge in [0.2, 0.25) is 5.60 Å². The summed E-state index contributed by atoms with van der Waals surface area (Å²) in [5.74, 6) is -6.96. The molecule has 1 atom stereocenters. The first-order chi connectivity index (χ1) is 24.6. The van der Waals surface area contributed by atoms with Crippen LogP contribution in [0.4, 0.5) is 0 Å². The second kappa shape index (κ2) is 14.8. The normalized spacial score (nSPS) is 15.3. The first kappa shape index (κ1) is 40.1. The van der Waals surface area contributed by atoms with Crippen molar-refractivity contribution in [1.29, 1.82) is 0 Å². The highest BCUT2D eigenvalue weighted by molar-refractivity contribution is 9.10. The molecular formula is C38H37BrO14. The number of allylic oxidation sites excluding steroid dienone is 2. The van der Waals surface area contributed by atoms with Gasteiger partial charge in [-0.2, -0.15) is 0 Å². The number of ether oxygens (including phenoxy) is 5. The third kappa shape index (κ3) is 6.73. The minimum absolute atomic E-state index is 0.0123. The van der Waals surface area contributed by atoms with E-state index in [1.165, 1.54) is 61.8 Å². The number of aromatic carboxylic acids is 1. The van der Waals surface area contributed by atoms with Crippen LogP contribution < -0.4 is 18.9 Å². The van der Waals surface area contributed by atoms with Crippen LogP contribution in [-0.4, -0.2) is 69.9 Å². The second-order valence-corrected chi connectivity index (χ2v) is 13.2. The lowest BCUT2D eigenvalue weighted by atomic mass is 9.87. The summed E-state index contributed by atoms with van der Waals surface area (Å²) in [5, 5.41) is 43.3. The molecule has 0 radical (unpaired) electrons. The van der Waals surface area contributed by atoms with Gasteiger partial charge in [-0.15, -0.1) is 0 Å². The SMILES string of the molecule is COC1=CC(=O)C=C(C)[C@]1(O)C(=O)Oc1c(C)c(C)c(C(=O)Oc2cc(C)c(C(=O)Oc3c(C)c(C)c(C(=O)O)c(OC)c3C)c(O)c2C)c(O)c1Br. The number of carboxylic acids is 1. The highest BCUT2D eigenvalue weighted by atomic mass is 79.9. The molecule has 3 aromatic carbocycles. The molecule has 0 aliphatic heterocycles. The van der Waals surface area contributed by atoms with Gasteiger partial charge in [0.15, 0.2) is 11.5 Å². The predicted octanol–water partition coefficient (Wildman–Crippen LogP) is 5.86. The van der Waals surface area contributed by atoms with Crippen molar-refractivity contribution in [2.75, 3.05) is 14.2 Å². The Labute approximate surface area is 312 Å². The summed E-state index contributed by atoms with van der Waals surface area (Å²) in [5.41, 5.74) is -1.79. The average molecular weight is 798 g/mol. The Morgan fingerprint density at radius 1 is 0.660 bits per heavy atom. The molecule has 0 heterocycles. The number of carbonyl (C=O) groups is 5. The van der Waals surface area contributed by atoms with Crippen molar-refractivity contribution in [3.63, 3.8) is 0 Å². The van der Waals surface area contributed by atoms with Gasteiger partial charge >= 0.3 is 23.9 Å². The first-order valence-corrected chi connectivity index (χ1v) is 16.6. The Hall–Kier alpha value is -5.67. The predicted molar refractivity (Wildman–Crippen MR) is 191 cm³/mol. The first-order valence-electron chi connectivity index (χ1n) is 15.8. The van der Waals surface area contributed by atoms with Crippen LogP contribution in [0, 0.1) is 48.5 Å². The smallest absolute Gasteiger partial charge is 0.356 e. The molecular weight excluding hydrogens is 760 g/mol. The molecule has 0 saturated carbocycles. The number of aromatic hydroxyl groups is 2. The van der Waals surface area contributed by atoms with Crippen LogP contribution >= 0.6 is 15.9 Å². The summed E-state index contributed by atoms with van der Waals surface area (Å²) >= 11 is 3.16. The van der Waals surface area contributed by atoms with Gasteiger partial charge in [0.25, 0.3) is 0 Å². The van der Waals surface area contributed by atoms with Gasteiger partial charge in [-0.3, -0.25) is 4.79 Å². The van der Waals surface area contributed by atoms with Crippen molar-refractivity contribution in [3.8, 4) is 34.5 Å². The Kier molecular flexibility index (Phi) is 11.2. The summed E-state index contributed by atoms with van der Waals surface area (Å²) < 4.78 is 27.0. The fraction of sp³-hybridized carbons (Fsp3) is 0.289. The number of methoxy groups -OCH3 is 2. The molecule has 0 spiro atoms. The number of carbonyl (C=O) groups excluding carboxylic acids is 4. The van der Waals surface area contributed by atoms with E-state index in [4.69, 9.17) is 23.7 Å². The topological polar surface area (TPSA) is 212 Å². The zero-order valence-electron chi connectivity index (χ0n) is 30.5. The number of rotatable bonds is 9. The highest BCUT2D eigenvalue weighted by Crippen LogP contribution is 2.45. The van der Waals surface area contributed by atoms with Crippen LogP contribution in [0.2, 0.25) is 0 Å². The lowest BCUT2D eigenvalue weighted by Gasteiger charge is -2.30. The van der Waals surface area contributed by atoms with Crippen LogP contribution in [0.15, 0.2) is 34.0 Å². The summed E-state index contributed by atoms with van der Waals surface area (Å²) in [6.45, 7) is 11.8. The van der Waals surface area contributed by atoms with Crippen molar-refractivity contribution in [2.24, 2.45) is 0 Å². The van der Waals surface area contributed by atoms with Gasteiger partial charge in [0, 0.05) is 17.2 Å². The van der Waals surface area contributed by atoms with Gasteiger partial charge in [0.1, 0.15) is 55.7 Å². The van der Waals surface area contributed by atoms with Gasteiger partial charge < -0.3 is 44.1 Å². The Morgan fingerprint density at radius 2 is 1.23 bits per heavy atom. The van der Waals surface area contributed by atoms with Gasteiger partial charge in [-0.05, 0) is 117 Å². The van der Waals surface area contributed by atoms with Gasteiger partial charge in [0.05, 0.1) is 14.2 Å². The van der Waals surface area contributed by atoms with Crippen molar-refractivity contribution < 1.29 is 68.1 Å². The van der Waals surface area contributed by atoms with E-state index in [9.17, 15) is 44.4 Å². The number of aliphatic hydroxyl groups is 1. The number of halogens is 1. The van der Waals surface area contributed by atoms with E-state index in [0.29, 0.717) is 11.1 Å². The monoisotopic (exact) mass is 796 g/mol. The van der Waals surface area contributed by atoms with Crippen LogP contribution in [0.5, 0.6) is 34.5 Å². The fourth-order valence-corrected chi connectivity index (χ4v) is 6.58. The van der Waals surface area contributed by atoms with Crippen molar-refractivity contribution in [3.05, 3.63) is 89.7 Å². The van der Waals surface area contributed by atoms with Crippen molar-refractivity contribution in [2.45, 2.75) is 61.0 Å². The molecule has 1 aliphatic carbocycles. The van der Waals surface area contributed by atoms with E-state index in [2.05, 4.69) is 15.9 Å². The van der Waals surface area contributed by atoms with E-state index in [-0.39, 0.29) is 83.3 Å². The van der Waals surface area contributed by atoms with E-state index < -0.39 is 46.8 Å². The standard InChI is InChI=1S/C38H37BrO14/c1-14-11-23(20(7)29(41)25(14)35(45)52-31-18(5)17(4)27(34(43)44)32(50-10)21(31)8)51-36(46)26-16(3)19(6)33(28(39)30(26)42)53-37(47)38(48)15(2)12-22(40)13-24(38)49-9/h11-13,41-42,48H,1-10H3,(H,43,44)/t38-/m1/s1. The molecule has 0 aromatic heterocycles. The maximum atomic E-state index is 13.6. The number of esters is 3. The molecule has 0 amide bonds. The summed E-state index contributed by atoms with van der Waals surface area (Å²) in [7, 11) is 2.46. The minimum Gasteiger partial charge on any atom is -0.507 e. The molecule has 15 heteroatoms. The lowest BCUT2D eigenvalue weighted by molar-refractivity contribution is -0.151. The number of hydrogen-bond donors (Lipinski definition) is 4. The van der Waals surface area contributed by atoms with Crippen molar-refractivity contribution >= 4 is 45.6 Å². The maximum Gasteiger partial charge on any atom is 0.356 e. The molecule has 0 fully saturated rings. The number of phenolic OH excluding ortho intramolecular Hbond substituents is 2.